The predicted molar refractivity (Wildman–Crippen MR) is 114 cm³/mol. The van der Waals surface area contributed by atoms with E-state index >= 15 is 0 Å². The third kappa shape index (κ3) is 5.28. The zero-order chi connectivity index (χ0) is 23.3. The molecule has 0 bridgehead atoms. The summed E-state index contributed by atoms with van der Waals surface area (Å²) in [7, 11) is 2.98. The molecule has 10 nitrogen and oxygen atoms in total. The smallest absolute Gasteiger partial charge is 0.316 e. The number of hydrogen-bond donors (Lipinski definition) is 3. The van der Waals surface area contributed by atoms with E-state index in [1.54, 1.807) is 30.5 Å². The van der Waals surface area contributed by atoms with Crippen LogP contribution in [0.2, 0.25) is 0 Å². The minimum absolute atomic E-state index is 0.399. The van der Waals surface area contributed by atoms with Crippen molar-refractivity contribution in [3.63, 3.8) is 0 Å². The predicted octanol–water partition coefficient (Wildman–Crippen LogP) is 1.50. The van der Waals surface area contributed by atoms with Crippen LogP contribution in [-0.2, 0) is 14.4 Å². The van der Waals surface area contributed by atoms with Gasteiger partial charge in [0.2, 0.25) is 5.88 Å². The minimum Gasteiger partial charge on any atom is -0.481 e. The number of hydrogen-bond acceptors (Lipinski definition) is 6. The van der Waals surface area contributed by atoms with Gasteiger partial charge in [0.1, 0.15) is 0 Å². The van der Waals surface area contributed by atoms with Crippen LogP contribution in [0.25, 0.3) is 11.1 Å². The van der Waals surface area contributed by atoms with E-state index in [2.05, 4.69) is 15.6 Å². The van der Waals surface area contributed by atoms with E-state index in [4.69, 9.17) is 4.74 Å². The van der Waals surface area contributed by atoms with E-state index in [-0.39, 0.29) is 0 Å². The number of nitrogens with one attached hydrogen (secondary N) is 2. The summed E-state index contributed by atoms with van der Waals surface area (Å²) < 4.78 is 5.05. The first-order valence-electron chi connectivity index (χ1n) is 9.66. The van der Waals surface area contributed by atoms with Crippen molar-refractivity contribution in [2.75, 3.05) is 14.2 Å². The maximum Gasteiger partial charge on any atom is 0.316 e. The van der Waals surface area contributed by atoms with Crippen LogP contribution in [-0.4, -0.2) is 58.9 Å². The van der Waals surface area contributed by atoms with Crippen LogP contribution in [0.4, 0.5) is 4.79 Å². The molecule has 0 saturated heterocycles. The summed E-state index contributed by atoms with van der Waals surface area (Å²) in [5.74, 6) is -1.82. The number of nitrogens with zero attached hydrogens (tertiary/aromatic N) is 2. The first-order valence-corrected chi connectivity index (χ1v) is 9.66. The average Bonchev–Trinajstić information content (AvgIpc) is 2.79. The van der Waals surface area contributed by atoms with Gasteiger partial charge in [0.05, 0.1) is 19.6 Å². The summed E-state index contributed by atoms with van der Waals surface area (Å²) in [4.78, 5) is 53.4. The number of ether oxygens (including phenoxy) is 1. The third-order valence-corrected chi connectivity index (χ3v) is 4.87. The van der Waals surface area contributed by atoms with Crippen LogP contribution in [0.3, 0.4) is 0 Å². The average molecular weight is 438 g/mol. The lowest BCUT2D eigenvalue weighted by Gasteiger charge is -2.25. The van der Waals surface area contributed by atoms with E-state index < -0.39 is 42.2 Å². The second-order valence-electron chi connectivity index (χ2n) is 7.08. The van der Waals surface area contributed by atoms with E-state index in [0.29, 0.717) is 11.4 Å². The molecular formula is C22H22N4O6. The number of urea groups is 1. The first-order chi connectivity index (χ1) is 15.3. The maximum atomic E-state index is 12.5. The lowest BCUT2D eigenvalue weighted by molar-refractivity contribution is -0.138. The molecule has 3 N–H and O–H groups in total. The van der Waals surface area contributed by atoms with Gasteiger partial charge in [-0.3, -0.25) is 14.4 Å². The number of rotatable bonds is 7. The van der Waals surface area contributed by atoms with Gasteiger partial charge in [0.15, 0.2) is 11.8 Å². The molecule has 2 atom stereocenters. The fraction of sp³-hybridized carbons (Fsp3) is 0.227. The number of carboxylic acids is 1. The Bertz CT molecular complexity index is 1070. The molecule has 10 heteroatoms. The Kier molecular flexibility index (Phi) is 6.83. The number of carbonyl (C=O) groups excluding carboxylic acids is 3. The monoisotopic (exact) mass is 438 g/mol. The molecule has 3 amide bonds. The van der Waals surface area contributed by atoms with Gasteiger partial charge in [-0.2, -0.15) is 0 Å². The van der Waals surface area contributed by atoms with Crippen LogP contribution in [0, 0.1) is 0 Å². The van der Waals surface area contributed by atoms with Gasteiger partial charge in [0.25, 0.3) is 5.91 Å². The summed E-state index contributed by atoms with van der Waals surface area (Å²) in [6, 6.07) is 7.39. The standard InChI is InChI=1S/C22H22N4O6/c1-26-9-8-17(27)20(21(26)30)25-22(31)24-16(11-19(28)29)14-5-3-4-13(10-14)15-6-7-18(32-2)23-12-15/h3-10,12,16,20H,11H2,1-2H3,(H,28,29)(H2,24,25,31). The number of ketones is 1. The Morgan fingerprint density at radius 2 is 2.00 bits per heavy atom. The zero-order valence-corrected chi connectivity index (χ0v) is 17.4. The highest BCUT2D eigenvalue weighted by Crippen LogP contribution is 2.25. The van der Waals surface area contributed by atoms with Crippen molar-refractivity contribution in [1.29, 1.82) is 0 Å². The number of carboxylic acid groups (broad SMARTS) is 1. The summed E-state index contributed by atoms with van der Waals surface area (Å²) in [6.07, 6.45) is 3.72. The van der Waals surface area contributed by atoms with Gasteiger partial charge in [-0.05, 0) is 23.3 Å². The number of aliphatic carboxylic acids is 1. The number of benzene rings is 1. The van der Waals surface area contributed by atoms with Crippen LogP contribution in [0.1, 0.15) is 18.0 Å². The molecule has 166 valence electrons. The van der Waals surface area contributed by atoms with Crippen LogP contribution < -0.4 is 15.4 Å². The number of carbonyl (C=O) groups is 4. The van der Waals surface area contributed by atoms with Crippen molar-refractivity contribution in [2.24, 2.45) is 0 Å². The normalized spacial score (nSPS) is 16.4. The van der Waals surface area contributed by atoms with Crippen molar-refractivity contribution in [3.05, 3.63) is 60.4 Å². The molecular weight excluding hydrogens is 416 g/mol. The lowest BCUT2D eigenvalue weighted by Crippen LogP contribution is -2.55. The topological polar surface area (TPSA) is 138 Å². The quantitative estimate of drug-likeness (QED) is 0.557. The highest BCUT2D eigenvalue weighted by Gasteiger charge is 2.32. The summed E-state index contributed by atoms with van der Waals surface area (Å²) in [6.45, 7) is 0. The molecule has 2 heterocycles. The van der Waals surface area contributed by atoms with Crippen LogP contribution in [0.15, 0.2) is 54.9 Å². The molecule has 1 aliphatic heterocycles. The fourth-order valence-corrected chi connectivity index (χ4v) is 3.18. The Morgan fingerprint density at radius 1 is 1.22 bits per heavy atom. The zero-order valence-electron chi connectivity index (χ0n) is 17.4. The second kappa shape index (κ2) is 9.73. The number of pyridine rings is 1. The van der Waals surface area contributed by atoms with E-state index in [1.165, 1.54) is 31.3 Å². The Balaban J connectivity index is 1.79. The summed E-state index contributed by atoms with van der Waals surface area (Å²) in [5.41, 5.74) is 2.08. The van der Waals surface area contributed by atoms with Crippen molar-refractivity contribution >= 4 is 23.7 Å². The molecule has 0 radical (unpaired) electrons. The summed E-state index contributed by atoms with van der Waals surface area (Å²) >= 11 is 0. The molecule has 0 fully saturated rings. The molecule has 2 unspecified atom stereocenters. The molecule has 1 aliphatic rings. The number of amides is 3. The van der Waals surface area contributed by atoms with Crippen molar-refractivity contribution in [1.82, 2.24) is 20.5 Å². The van der Waals surface area contributed by atoms with Gasteiger partial charge < -0.3 is 25.4 Å². The van der Waals surface area contributed by atoms with Gasteiger partial charge in [0, 0.05) is 37.2 Å². The van der Waals surface area contributed by atoms with E-state index in [1.807, 2.05) is 12.1 Å². The number of aromatic nitrogens is 1. The highest BCUT2D eigenvalue weighted by molar-refractivity contribution is 6.14. The number of likely N-dealkylation sites (N-methyl/N-ethyl adjacent to an activating group) is 1. The SMILES string of the molecule is COc1ccc(-c2cccc(C(CC(=O)O)NC(=O)NC3C(=O)C=CN(C)C3=O)c2)cn1. The Hall–Kier alpha value is -4.21. The van der Waals surface area contributed by atoms with E-state index in [9.17, 15) is 24.3 Å². The highest BCUT2D eigenvalue weighted by atomic mass is 16.5. The van der Waals surface area contributed by atoms with Gasteiger partial charge in [-0.25, -0.2) is 9.78 Å². The molecule has 2 aromatic rings. The van der Waals surface area contributed by atoms with Crippen molar-refractivity contribution < 1.29 is 29.0 Å². The maximum absolute atomic E-state index is 12.5. The van der Waals surface area contributed by atoms with Gasteiger partial charge in [-0.1, -0.05) is 18.2 Å². The van der Waals surface area contributed by atoms with Crippen molar-refractivity contribution in [3.8, 4) is 17.0 Å². The van der Waals surface area contributed by atoms with Crippen LogP contribution >= 0.6 is 0 Å². The molecule has 3 rings (SSSR count). The molecule has 0 saturated carbocycles. The third-order valence-electron chi connectivity index (χ3n) is 4.87. The van der Waals surface area contributed by atoms with Gasteiger partial charge >= 0.3 is 12.0 Å². The fourth-order valence-electron chi connectivity index (χ4n) is 3.18. The Labute approximate surface area is 183 Å². The molecule has 1 aromatic carbocycles. The molecule has 32 heavy (non-hydrogen) atoms. The molecule has 0 spiro atoms. The van der Waals surface area contributed by atoms with Gasteiger partial charge in [-0.15, -0.1) is 0 Å². The summed E-state index contributed by atoms with van der Waals surface area (Å²) in [5, 5.41) is 14.2. The van der Waals surface area contributed by atoms with Crippen molar-refractivity contribution in [2.45, 2.75) is 18.5 Å². The number of methoxy groups -OCH3 is 1. The van der Waals surface area contributed by atoms with E-state index in [0.717, 1.165) is 11.1 Å². The second-order valence-corrected chi connectivity index (χ2v) is 7.08. The molecule has 0 aliphatic carbocycles. The largest absolute Gasteiger partial charge is 0.481 e. The minimum atomic E-state index is -1.37. The lowest BCUT2D eigenvalue weighted by atomic mass is 9.98. The molecule has 1 aromatic heterocycles. The first kappa shape index (κ1) is 22.5. The Morgan fingerprint density at radius 3 is 2.66 bits per heavy atom. The van der Waals surface area contributed by atoms with Crippen LogP contribution in [0.5, 0.6) is 5.88 Å².